The van der Waals surface area contributed by atoms with Crippen molar-refractivity contribution in [3.63, 3.8) is 0 Å². The third-order valence-electron chi connectivity index (χ3n) is 3.07. The lowest BCUT2D eigenvalue weighted by molar-refractivity contribution is 0.617. The number of hydrazine groups is 1. The average Bonchev–Trinajstić information content (AvgIpc) is 2.60. The summed E-state index contributed by atoms with van der Waals surface area (Å²) in [5.74, 6) is 6.56. The van der Waals surface area contributed by atoms with Gasteiger partial charge in [-0.2, -0.15) is 4.98 Å². The summed E-state index contributed by atoms with van der Waals surface area (Å²) < 4.78 is 0.876. The molecule has 2 rings (SSSR count). The largest absolute Gasteiger partial charge is 0.366 e. The number of nitrogen functional groups attached to an aromatic ring is 1. The molecule has 94 valence electrons. The first kappa shape index (κ1) is 12.6. The first-order valence-electron chi connectivity index (χ1n) is 6.05. The number of nitrogens with one attached hydrogen (secondary N) is 2. The van der Waals surface area contributed by atoms with E-state index >= 15 is 0 Å². The second-order valence-electron chi connectivity index (χ2n) is 4.37. The predicted molar refractivity (Wildman–Crippen MR) is 72.7 cm³/mol. The van der Waals surface area contributed by atoms with Gasteiger partial charge in [-0.05, 0) is 28.8 Å². The number of hydrogen-bond acceptors (Lipinski definition) is 5. The zero-order valence-electron chi connectivity index (χ0n) is 9.75. The van der Waals surface area contributed by atoms with Gasteiger partial charge in [-0.3, -0.25) is 5.43 Å². The molecule has 1 aliphatic carbocycles. The van der Waals surface area contributed by atoms with Crippen LogP contribution >= 0.6 is 15.9 Å². The molecular formula is C11H18BrN5. The van der Waals surface area contributed by atoms with E-state index in [1.54, 1.807) is 6.20 Å². The zero-order valence-corrected chi connectivity index (χ0v) is 11.3. The van der Waals surface area contributed by atoms with Crippen LogP contribution in [0, 0.1) is 0 Å². The van der Waals surface area contributed by atoms with Crippen molar-refractivity contribution >= 4 is 27.7 Å². The van der Waals surface area contributed by atoms with Gasteiger partial charge < -0.3 is 5.32 Å². The quantitative estimate of drug-likeness (QED) is 0.454. The molecule has 0 saturated heterocycles. The average molecular weight is 300 g/mol. The molecule has 1 aromatic heterocycles. The van der Waals surface area contributed by atoms with Gasteiger partial charge in [0.05, 0.1) is 4.47 Å². The predicted octanol–water partition coefficient (Wildman–Crippen LogP) is 2.66. The van der Waals surface area contributed by atoms with E-state index in [4.69, 9.17) is 5.84 Å². The van der Waals surface area contributed by atoms with Crippen molar-refractivity contribution in [2.24, 2.45) is 5.84 Å². The first-order chi connectivity index (χ1) is 8.29. The van der Waals surface area contributed by atoms with E-state index < -0.39 is 0 Å². The fraction of sp³-hybridized carbons (Fsp3) is 0.636. The molecule has 0 radical (unpaired) electrons. The second kappa shape index (κ2) is 6.16. The van der Waals surface area contributed by atoms with Crippen molar-refractivity contribution in [1.29, 1.82) is 0 Å². The number of aromatic nitrogens is 2. The molecule has 1 heterocycles. The molecule has 1 fully saturated rings. The van der Waals surface area contributed by atoms with Crippen LogP contribution in [0.3, 0.4) is 0 Å². The van der Waals surface area contributed by atoms with Crippen molar-refractivity contribution in [1.82, 2.24) is 9.97 Å². The van der Waals surface area contributed by atoms with Crippen molar-refractivity contribution in [3.05, 3.63) is 10.7 Å². The molecule has 1 aliphatic rings. The van der Waals surface area contributed by atoms with Gasteiger partial charge in [0, 0.05) is 12.2 Å². The molecule has 6 heteroatoms. The maximum Gasteiger partial charge on any atom is 0.239 e. The Morgan fingerprint density at radius 2 is 1.94 bits per heavy atom. The van der Waals surface area contributed by atoms with Gasteiger partial charge in [-0.15, -0.1) is 0 Å². The van der Waals surface area contributed by atoms with Crippen LogP contribution in [0.2, 0.25) is 0 Å². The van der Waals surface area contributed by atoms with Gasteiger partial charge in [0.15, 0.2) is 0 Å². The summed E-state index contributed by atoms with van der Waals surface area (Å²) in [5.41, 5.74) is 2.46. The maximum atomic E-state index is 5.31. The first-order valence-corrected chi connectivity index (χ1v) is 6.84. The summed E-state index contributed by atoms with van der Waals surface area (Å²) in [4.78, 5) is 8.35. The highest BCUT2D eigenvalue weighted by Gasteiger charge is 2.14. The molecule has 0 spiro atoms. The van der Waals surface area contributed by atoms with Crippen LogP contribution in [0.4, 0.5) is 11.8 Å². The van der Waals surface area contributed by atoms with Crippen LogP contribution in [0.5, 0.6) is 0 Å². The molecule has 17 heavy (non-hydrogen) atoms. The summed E-state index contributed by atoms with van der Waals surface area (Å²) in [7, 11) is 0. The molecule has 5 nitrogen and oxygen atoms in total. The van der Waals surface area contributed by atoms with E-state index in [9.17, 15) is 0 Å². The number of anilines is 2. The van der Waals surface area contributed by atoms with Gasteiger partial charge in [0.1, 0.15) is 5.82 Å². The molecule has 0 atom stereocenters. The summed E-state index contributed by atoms with van der Waals surface area (Å²) in [6.45, 7) is 0. The lowest BCUT2D eigenvalue weighted by Gasteiger charge is -2.17. The Morgan fingerprint density at radius 3 is 2.59 bits per heavy atom. The standard InChI is InChI=1S/C11H18BrN5/c12-9-7-14-11(17-13)16-10(9)15-8-5-3-1-2-4-6-8/h7-8H,1-6,13H2,(H2,14,15,16,17). The van der Waals surface area contributed by atoms with Crippen LogP contribution in [0.1, 0.15) is 38.5 Å². The number of nitrogens with zero attached hydrogens (tertiary/aromatic N) is 2. The van der Waals surface area contributed by atoms with Gasteiger partial charge in [0.25, 0.3) is 0 Å². The minimum atomic E-state index is 0.435. The third kappa shape index (κ3) is 3.54. The Morgan fingerprint density at radius 1 is 1.24 bits per heavy atom. The second-order valence-corrected chi connectivity index (χ2v) is 5.22. The molecule has 0 amide bonds. The Hall–Kier alpha value is -0.880. The molecule has 1 saturated carbocycles. The lowest BCUT2D eigenvalue weighted by atomic mass is 10.1. The van der Waals surface area contributed by atoms with E-state index in [1.807, 2.05) is 0 Å². The van der Waals surface area contributed by atoms with E-state index in [0.717, 1.165) is 10.3 Å². The summed E-state index contributed by atoms with van der Waals surface area (Å²) in [6, 6.07) is 0.509. The highest BCUT2D eigenvalue weighted by Crippen LogP contribution is 2.25. The molecule has 0 aliphatic heterocycles. The van der Waals surface area contributed by atoms with Crippen LogP contribution in [0.25, 0.3) is 0 Å². The Bertz CT molecular complexity index is 363. The van der Waals surface area contributed by atoms with E-state index in [0.29, 0.717) is 12.0 Å². The monoisotopic (exact) mass is 299 g/mol. The summed E-state index contributed by atoms with van der Waals surface area (Å²) >= 11 is 3.45. The van der Waals surface area contributed by atoms with E-state index in [1.165, 1.54) is 38.5 Å². The fourth-order valence-corrected chi connectivity index (χ4v) is 2.46. The summed E-state index contributed by atoms with van der Waals surface area (Å²) in [6.07, 6.45) is 9.41. The van der Waals surface area contributed by atoms with Crippen LogP contribution in [-0.2, 0) is 0 Å². The lowest BCUT2D eigenvalue weighted by Crippen LogP contribution is -2.20. The van der Waals surface area contributed by atoms with Crippen molar-refractivity contribution in [2.75, 3.05) is 10.7 Å². The van der Waals surface area contributed by atoms with Crippen LogP contribution in [0.15, 0.2) is 10.7 Å². The third-order valence-corrected chi connectivity index (χ3v) is 3.65. The summed E-state index contributed by atoms with van der Waals surface area (Å²) in [5, 5.41) is 3.47. The molecule has 0 unspecified atom stereocenters. The van der Waals surface area contributed by atoms with Crippen LogP contribution < -0.4 is 16.6 Å². The SMILES string of the molecule is NNc1ncc(Br)c(NC2CCCCCC2)n1. The molecule has 4 N–H and O–H groups in total. The number of halogens is 1. The normalized spacial score (nSPS) is 17.5. The van der Waals surface area contributed by atoms with E-state index in [-0.39, 0.29) is 0 Å². The number of nitrogens with two attached hydrogens (primary N) is 1. The van der Waals surface area contributed by atoms with Crippen LogP contribution in [-0.4, -0.2) is 16.0 Å². The van der Waals surface area contributed by atoms with Gasteiger partial charge >= 0.3 is 0 Å². The molecular weight excluding hydrogens is 282 g/mol. The smallest absolute Gasteiger partial charge is 0.239 e. The van der Waals surface area contributed by atoms with Crippen molar-refractivity contribution < 1.29 is 0 Å². The minimum absolute atomic E-state index is 0.435. The van der Waals surface area contributed by atoms with Gasteiger partial charge in [-0.1, -0.05) is 25.7 Å². The maximum absolute atomic E-state index is 5.31. The molecule has 1 aromatic rings. The highest BCUT2D eigenvalue weighted by atomic mass is 79.9. The topological polar surface area (TPSA) is 75.9 Å². The van der Waals surface area contributed by atoms with Gasteiger partial charge in [0.2, 0.25) is 5.95 Å². The number of rotatable bonds is 3. The Labute approximate surface area is 110 Å². The van der Waals surface area contributed by atoms with Crippen molar-refractivity contribution in [3.8, 4) is 0 Å². The molecule has 0 bridgehead atoms. The fourth-order valence-electron chi connectivity index (χ4n) is 2.15. The Balaban J connectivity index is 2.05. The van der Waals surface area contributed by atoms with Gasteiger partial charge in [-0.25, -0.2) is 10.8 Å². The van der Waals surface area contributed by atoms with E-state index in [2.05, 4.69) is 36.6 Å². The molecule has 0 aromatic carbocycles. The minimum Gasteiger partial charge on any atom is -0.366 e. The van der Waals surface area contributed by atoms with Crippen molar-refractivity contribution in [2.45, 2.75) is 44.6 Å². The highest BCUT2D eigenvalue weighted by molar-refractivity contribution is 9.10. The number of hydrogen-bond donors (Lipinski definition) is 3. The Kier molecular flexibility index (Phi) is 4.56. The zero-order chi connectivity index (χ0) is 12.1.